The third-order valence-electron chi connectivity index (χ3n) is 3.00. The quantitative estimate of drug-likeness (QED) is 0.668. The Bertz CT molecular complexity index is 309. The van der Waals surface area contributed by atoms with Crippen molar-refractivity contribution in [3.8, 4) is 5.75 Å². The van der Waals surface area contributed by atoms with Gasteiger partial charge in [0.1, 0.15) is 18.0 Å². The molecule has 0 N–H and O–H groups in total. The van der Waals surface area contributed by atoms with Crippen LogP contribution < -0.4 is 4.74 Å². The van der Waals surface area contributed by atoms with E-state index in [1.807, 2.05) is 30.3 Å². The van der Waals surface area contributed by atoms with Crippen LogP contribution in [0.2, 0.25) is 0 Å². The number of epoxide rings is 1. The summed E-state index contributed by atoms with van der Waals surface area (Å²) in [6.07, 6.45) is 4.76. The summed E-state index contributed by atoms with van der Waals surface area (Å²) >= 11 is 0. The van der Waals surface area contributed by atoms with Gasteiger partial charge < -0.3 is 9.47 Å². The summed E-state index contributed by atoms with van der Waals surface area (Å²) in [6.45, 7) is 0. The van der Waals surface area contributed by atoms with E-state index >= 15 is 0 Å². The lowest BCUT2D eigenvalue weighted by molar-refractivity contribution is 0.148. The van der Waals surface area contributed by atoms with Crippen LogP contribution in [0.4, 0.5) is 0 Å². The second-order valence-corrected chi connectivity index (χ2v) is 4.04. The van der Waals surface area contributed by atoms with Gasteiger partial charge >= 0.3 is 0 Å². The van der Waals surface area contributed by atoms with Crippen molar-refractivity contribution in [2.24, 2.45) is 0 Å². The molecule has 3 rings (SSSR count). The van der Waals surface area contributed by atoms with E-state index in [0.29, 0.717) is 12.2 Å². The average molecular weight is 190 g/mol. The van der Waals surface area contributed by atoms with Gasteiger partial charge in [-0.1, -0.05) is 18.2 Å². The molecule has 1 saturated heterocycles. The van der Waals surface area contributed by atoms with Gasteiger partial charge in [-0.15, -0.1) is 0 Å². The van der Waals surface area contributed by atoms with Crippen molar-refractivity contribution in [1.29, 1.82) is 0 Å². The number of fused-ring (bicyclic) bond motifs is 1. The van der Waals surface area contributed by atoms with E-state index < -0.39 is 0 Å². The molecule has 1 aromatic carbocycles. The van der Waals surface area contributed by atoms with E-state index in [1.165, 1.54) is 12.8 Å². The predicted molar refractivity (Wildman–Crippen MR) is 53.4 cm³/mol. The van der Waals surface area contributed by atoms with Crippen LogP contribution in [0.25, 0.3) is 0 Å². The summed E-state index contributed by atoms with van der Waals surface area (Å²) in [5.74, 6) is 0.966. The summed E-state index contributed by atoms with van der Waals surface area (Å²) < 4.78 is 11.4. The molecular weight excluding hydrogens is 176 g/mol. The SMILES string of the molecule is c1ccc(OC2CCCC3OC23)cc1. The first-order valence-electron chi connectivity index (χ1n) is 5.31. The van der Waals surface area contributed by atoms with Gasteiger partial charge in [0.15, 0.2) is 0 Å². The van der Waals surface area contributed by atoms with Crippen LogP contribution in [0.1, 0.15) is 19.3 Å². The zero-order valence-corrected chi connectivity index (χ0v) is 8.06. The van der Waals surface area contributed by atoms with Crippen molar-refractivity contribution in [2.75, 3.05) is 0 Å². The maximum atomic E-state index is 5.88. The Balaban J connectivity index is 1.67. The van der Waals surface area contributed by atoms with Gasteiger partial charge in [-0.2, -0.15) is 0 Å². The molecule has 0 radical (unpaired) electrons. The molecule has 2 fully saturated rings. The minimum Gasteiger partial charge on any atom is -0.488 e. The molecule has 3 unspecified atom stereocenters. The minimum atomic E-state index is 0.288. The lowest BCUT2D eigenvalue weighted by Gasteiger charge is -2.19. The lowest BCUT2D eigenvalue weighted by Crippen LogP contribution is -2.27. The number of hydrogen-bond donors (Lipinski definition) is 0. The Morgan fingerprint density at radius 2 is 2.00 bits per heavy atom. The highest BCUT2D eigenvalue weighted by atomic mass is 16.6. The smallest absolute Gasteiger partial charge is 0.127 e. The molecular formula is C12H14O2. The lowest BCUT2D eigenvalue weighted by atomic mass is 9.98. The Hall–Kier alpha value is -1.02. The third kappa shape index (κ3) is 1.50. The van der Waals surface area contributed by atoms with Crippen molar-refractivity contribution in [3.63, 3.8) is 0 Å². The summed E-state index contributed by atoms with van der Waals surface area (Å²) in [7, 11) is 0. The predicted octanol–water partition coefficient (Wildman–Crippen LogP) is 2.39. The number of hydrogen-bond acceptors (Lipinski definition) is 2. The van der Waals surface area contributed by atoms with E-state index in [2.05, 4.69) is 0 Å². The third-order valence-corrected chi connectivity index (χ3v) is 3.00. The van der Waals surface area contributed by atoms with Gasteiger partial charge in [-0.3, -0.25) is 0 Å². The molecule has 2 nitrogen and oxygen atoms in total. The summed E-state index contributed by atoms with van der Waals surface area (Å²) in [4.78, 5) is 0. The highest BCUT2D eigenvalue weighted by Gasteiger charge is 2.48. The number of ether oxygens (including phenoxy) is 2. The van der Waals surface area contributed by atoms with Gasteiger partial charge in [0.2, 0.25) is 0 Å². The van der Waals surface area contributed by atoms with Crippen LogP contribution in [0.15, 0.2) is 30.3 Å². The summed E-state index contributed by atoms with van der Waals surface area (Å²) in [5.41, 5.74) is 0. The molecule has 1 heterocycles. The minimum absolute atomic E-state index is 0.288. The fourth-order valence-electron chi connectivity index (χ4n) is 2.20. The first-order chi connectivity index (χ1) is 6.93. The van der Waals surface area contributed by atoms with E-state index in [9.17, 15) is 0 Å². The summed E-state index contributed by atoms with van der Waals surface area (Å²) in [6, 6.07) is 10.0. The highest BCUT2D eigenvalue weighted by Crippen LogP contribution is 2.38. The molecule has 0 bridgehead atoms. The molecule has 1 saturated carbocycles. The van der Waals surface area contributed by atoms with Crippen molar-refractivity contribution >= 4 is 0 Å². The normalized spacial score (nSPS) is 34.7. The number of rotatable bonds is 2. The van der Waals surface area contributed by atoms with E-state index in [0.717, 1.165) is 12.2 Å². The van der Waals surface area contributed by atoms with E-state index in [4.69, 9.17) is 9.47 Å². The molecule has 0 spiro atoms. The maximum absolute atomic E-state index is 5.88. The second kappa shape index (κ2) is 3.28. The topological polar surface area (TPSA) is 21.8 Å². The van der Waals surface area contributed by atoms with Gasteiger partial charge in [0.05, 0.1) is 6.10 Å². The first-order valence-corrected chi connectivity index (χ1v) is 5.31. The molecule has 2 heteroatoms. The average Bonchev–Trinajstić information content (AvgIpc) is 2.99. The second-order valence-electron chi connectivity index (χ2n) is 4.04. The van der Waals surface area contributed by atoms with Crippen molar-refractivity contribution < 1.29 is 9.47 Å². The van der Waals surface area contributed by atoms with Crippen molar-refractivity contribution in [2.45, 2.75) is 37.6 Å². The molecule has 74 valence electrons. The molecule has 1 aromatic rings. The largest absolute Gasteiger partial charge is 0.488 e. The van der Waals surface area contributed by atoms with Crippen molar-refractivity contribution in [3.05, 3.63) is 30.3 Å². The molecule has 1 aliphatic heterocycles. The van der Waals surface area contributed by atoms with Gasteiger partial charge in [0, 0.05) is 0 Å². The van der Waals surface area contributed by atoms with E-state index in [-0.39, 0.29) is 6.10 Å². The number of para-hydroxylation sites is 1. The fourth-order valence-corrected chi connectivity index (χ4v) is 2.20. The zero-order chi connectivity index (χ0) is 9.38. The van der Waals surface area contributed by atoms with Gasteiger partial charge in [-0.25, -0.2) is 0 Å². The Morgan fingerprint density at radius 3 is 2.86 bits per heavy atom. The van der Waals surface area contributed by atoms with Crippen LogP contribution in [-0.2, 0) is 4.74 Å². The van der Waals surface area contributed by atoms with Gasteiger partial charge in [0.25, 0.3) is 0 Å². The van der Waals surface area contributed by atoms with Crippen LogP contribution in [0, 0.1) is 0 Å². The number of benzene rings is 1. The molecule has 3 atom stereocenters. The molecule has 0 amide bonds. The first kappa shape index (κ1) is 8.30. The molecule has 1 aliphatic carbocycles. The van der Waals surface area contributed by atoms with Gasteiger partial charge in [-0.05, 0) is 31.4 Å². The zero-order valence-electron chi connectivity index (χ0n) is 8.06. The van der Waals surface area contributed by atoms with Crippen LogP contribution in [-0.4, -0.2) is 18.3 Å². The van der Waals surface area contributed by atoms with E-state index in [1.54, 1.807) is 0 Å². The fraction of sp³-hybridized carbons (Fsp3) is 0.500. The van der Waals surface area contributed by atoms with Crippen LogP contribution in [0.5, 0.6) is 5.75 Å². The monoisotopic (exact) mass is 190 g/mol. The van der Waals surface area contributed by atoms with Crippen molar-refractivity contribution in [1.82, 2.24) is 0 Å². The standard InChI is InChI=1S/C12H14O2/c1-2-5-9(6-3-1)13-10-7-4-8-11-12(10)14-11/h1-3,5-6,10-12H,4,7-8H2. The highest BCUT2D eigenvalue weighted by molar-refractivity contribution is 5.21. The molecule has 2 aliphatic rings. The Labute approximate surface area is 83.8 Å². The molecule has 0 aromatic heterocycles. The maximum Gasteiger partial charge on any atom is 0.127 e. The summed E-state index contributed by atoms with van der Waals surface area (Å²) in [5, 5.41) is 0. The van der Waals surface area contributed by atoms with Crippen LogP contribution in [0.3, 0.4) is 0 Å². The Kier molecular flexibility index (Phi) is 1.95. The Morgan fingerprint density at radius 1 is 1.14 bits per heavy atom. The molecule has 14 heavy (non-hydrogen) atoms. The van der Waals surface area contributed by atoms with Crippen LogP contribution >= 0.6 is 0 Å².